The van der Waals surface area contributed by atoms with Gasteiger partial charge in [-0.1, -0.05) is 28.0 Å². The quantitative estimate of drug-likeness (QED) is 0.669. The van der Waals surface area contributed by atoms with Gasteiger partial charge in [-0.3, -0.25) is 0 Å². The lowest BCUT2D eigenvalue weighted by molar-refractivity contribution is 0.151. The fraction of sp³-hybridized carbons (Fsp3) is 0.143. The zero-order valence-corrected chi connectivity index (χ0v) is 6.22. The van der Waals surface area contributed by atoms with E-state index >= 15 is 0 Å². The molecule has 3 heteroatoms. The average molecular weight is 212 g/mol. The highest BCUT2D eigenvalue weighted by Gasteiger charge is 2.04. The first-order chi connectivity index (χ1) is 6.68. The van der Waals surface area contributed by atoms with Gasteiger partial charge in [-0.15, -0.1) is 0 Å². The topological polar surface area (TPSA) is 0 Å². The Morgan fingerprint density at radius 1 is 1.40 bits per heavy atom. The lowest BCUT2D eigenvalue weighted by Gasteiger charge is -1.96. The van der Waals surface area contributed by atoms with Crippen molar-refractivity contribution in [1.29, 1.82) is 0 Å². The monoisotopic (exact) mass is 211 g/mol. The number of alkyl halides is 2. The van der Waals surface area contributed by atoms with Crippen molar-refractivity contribution in [2.45, 2.75) is 6.40 Å². The highest BCUT2D eigenvalue weighted by molar-refractivity contribution is 9.10. The average Bonchev–Trinajstić information content (AvgIpc) is 2.09. The Morgan fingerprint density at radius 3 is 2.30 bits per heavy atom. The van der Waals surface area contributed by atoms with Gasteiger partial charge in [0.05, 0.1) is 5.48 Å². The van der Waals surface area contributed by atoms with Crippen molar-refractivity contribution < 1.29 is 15.6 Å². The van der Waals surface area contributed by atoms with Crippen molar-refractivity contribution in [2.24, 2.45) is 0 Å². The van der Waals surface area contributed by atoms with Crippen LogP contribution in [0.4, 0.5) is 8.78 Å². The standard InChI is InChI=1S/C7H5BrF2/c8-6-3-1-5(2-4-6)7(9)10/h1-4,7H/i1D,2D,3D,4D,7D. The minimum atomic E-state index is -4.14. The molecule has 0 aromatic heterocycles. The van der Waals surface area contributed by atoms with Crippen LogP contribution < -0.4 is 0 Å². The normalized spacial score (nSPS) is 18.5. The fourth-order valence-electron chi connectivity index (χ4n) is 0.392. The summed E-state index contributed by atoms with van der Waals surface area (Å²) in [4.78, 5) is 0. The van der Waals surface area contributed by atoms with Crippen molar-refractivity contribution in [3.8, 4) is 0 Å². The van der Waals surface area contributed by atoms with Crippen LogP contribution in [0.25, 0.3) is 0 Å². The molecular formula is C7H5BrF2. The van der Waals surface area contributed by atoms with E-state index in [0.29, 0.717) is 0 Å². The molecule has 10 heavy (non-hydrogen) atoms. The minimum absolute atomic E-state index is 0.189. The summed E-state index contributed by atoms with van der Waals surface area (Å²) in [5.41, 5.74) is -1.21. The maximum atomic E-state index is 12.7. The second-order valence-corrected chi connectivity index (χ2v) is 2.24. The van der Waals surface area contributed by atoms with E-state index in [1.807, 2.05) is 0 Å². The molecule has 54 valence electrons. The molecular weight excluding hydrogens is 202 g/mol. The maximum absolute atomic E-state index is 12.7. The predicted octanol–water partition coefficient (Wildman–Crippen LogP) is 3.39. The van der Waals surface area contributed by atoms with Gasteiger partial charge in [-0.05, 0) is 12.1 Å². The van der Waals surface area contributed by atoms with Crippen LogP contribution in [0, 0.1) is 0 Å². The summed E-state index contributed by atoms with van der Waals surface area (Å²) in [5, 5.41) is 0. The summed E-state index contributed by atoms with van der Waals surface area (Å²) in [6.45, 7) is 0. The second-order valence-electron chi connectivity index (χ2n) is 1.45. The molecule has 0 N–H and O–H groups in total. The molecule has 0 heterocycles. The van der Waals surface area contributed by atoms with Crippen LogP contribution in [0.15, 0.2) is 28.6 Å². The molecule has 1 aromatic rings. The molecule has 0 saturated carbocycles. The smallest absolute Gasteiger partial charge is 0.205 e. The van der Waals surface area contributed by atoms with E-state index in [2.05, 4.69) is 15.9 Å². The molecule has 0 saturated heterocycles. The zero-order chi connectivity index (χ0) is 12.0. The van der Waals surface area contributed by atoms with Gasteiger partial charge in [0.2, 0.25) is 0 Å². The van der Waals surface area contributed by atoms with Crippen molar-refractivity contribution in [2.75, 3.05) is 0 Å². The van der Waals surface area contributed by atoms with E-state index in [-0.39, 0.29) is 4.47 Å². The summed E-state index contributed by atoms with van der Waals surface area (Å²) in [7, 11) is 0. The molecule has 0 atom stereocenters. The van der Waals surface area contributed by atoms with Crippen molar-refractivity contribution in [3.63, 3.8) is 0 Å². The van der Waals surface area contributed by atoms with E-state index in [9.17, 15) is 8.78 Å². The van der Waals surface area contributed by atoms with Gasteiger partial charge >= 0.3 is 0 Å². The third-order valence-electron chi connectivity index (χ3n) is 0.783. The molecule has 0 radical (unpaired) electrons. The van der Waals surface area contributed by atoms with E-state index in [1.165, 1.54) is 0 Å². The van der Waals surface area contributed by atoms with Gasteiger partial charge in [0, 0.05) is 10.0 Å². The van der Waals surface area contributed by atoms with Crippen LogP contribution in [0.3, 0.4) is 0 Å². The Morgan fingerprint density at radius 2 is 1.90 bits per heavy atom. The highest BCUT2D eigenvalue weighted by atomic mass is 79.9. The Hall–Kier alpha value is -0.440. The number of hydrogen-bond acceptors (Lipinski definition) is 0. The summed E-state index contributed by atoms with van der Waals surface area (Å²) in [6.07, 6.45) is -4.14. The van der Waals surface area contributed by atoms with Gasteiger partial charge < -0.3 is 0 Å². The highest BCUT2D eigenvalue weighted by Crippen LogP contribution is 2.20. The van der Waals surface area contributed by atoms with Crippen LogP contribution in [-0.2, 0) is 0 Å². The first kappa shape index (κ1) is 3.30. The van der Waals surface area contributed by atoms with E-state index < -0.39 is 36.1 Å². The van der Waals surface area contributed by atoms with Gasteiger partial charge in [0.15, 0.2) is 0 Å². The van der Waals surface area contributed by atoms with Crippen molar-refractivity contribution in [1.82, 2.24) is 0 Å². The molecule has 0 bridgehead atoms. The van der Waals surface area contributed by atoms with Crippen molar-refractivity contribution >= 4 is 15.9 Å². The molecule has 1 rings (SSSR count). The Bertz CT molecular complexity index is 386. The van der Waals surface area contributed by atoms with Gasteiger partial charge in [0.1, 0.15) is 1.37 Å². The lowest BCUT2D eigenvalue weighted by Crippen LogP contribution is -1.80. The predicted molar refractivity (Wildman–Crippen MR) is 39.1 cm³/mol. The number of hydrogen-bond donors (Lipinski definition) is 0. The SMILES string of the molecule is [2H]c1c([2H])c(C([2H])(F)F)c([2H])c([2H])c1Br. The van der Waals surface area contributed by atoms with Crippen molar-refractivity contribution in [3.05, 3.63) is 34.2 Å². The second kappa shape index (κ2) is 3.10. The molecule has 0 aliphatic rings. The molecule has 0 spiro atoms. The Labute approximate surface area is 73.0 Å². The van der Waals surface area contributed by atoms with Gasteiger partial charge in [-0.2, -0.15) is 0 Å². The lowest BCUT2D eigenvalue weighted by atomic mass is 10.2. The van der Waals surface area contributed by atoms with E-state index in [0.717, 1.165) is 0 Å². The third kappa shape index (κ3) is 1.77. The summed E-state index contributed by atoms with van der Waals surface area (Å²) >= 11 is 2.76. The summed E-state index contributed by atoms with van der Waals surface area (Å²) in [5.74, 6) is 0. The van der Waals surface area contributed by atoms with Gasteiger partial charge in [-0.25, -0.2) is 8.78 Å². The fourth-order valence-corrected chi connectivity index (χ4v) is 0.590. The van der Waals surface area contributed by atoms with E-state index in [4.69, 9.17) is 6.85 Å². The first-order valence-corrected chi connectivity index (χ1v) is 3.11. The maximum Gasteiger partial charge on any atom is 0.263 e. The van der Waals surface area contributed by atoms with Crippen LogP contribution in [0.5, 0.6) is 0 Å². The molecule has 0 fully saturated rings. The van der Waals surface area contributed by atoms with Gasteiger partial charge in [0.25, 0.3) is 6.40 Å². The summed E-state index contributed by atoms with van der Waals surface area (Å²) < 4.78 is 60.6. The minimum Gasteiger partial charge on any atom is -0.205 e. The first-order valence-electron chi connectivity index (χ1n) is 4.82. The number of halogens is 3. The van der Waals surface area contributed by atoms with Crippen LogP contribution in [0.2, 0.25) is 0 Å². The molecule has 0 unspecified atom stereocenters. The molecule has 0 nitrogen and oxygen atoms in total. The van der Waals surface area contributed by atoms with Crippen LogP contribution >= 0.6 is 15.9 Å². The largest absolute Gasteiger partial charge is 0.263 e. The van der Waals surface area contributed by atoms with Crippen LogP contribution in [0.1, 0.15) is 18.8 Å². The molecule has 0 aliphatic carbocycles. The Kier molecular flexibility index (Phi) is 1.02. The summed E-state index contributed by atoms with van der Waals surface area (Å²) in [6, 6.07) is -3.03. The molecule has 0 aliphatic heterocycles. The third-order valence-corrected chi connectivity index (χ3v) is 1.18. The Balaban J connectivity index is 3.68. The molecule has 0 amide bonds. The van der Waals surface area contributed by atoms with E-state index in [1.54, 1.807) is 0 Å². The zero-order valence-electron chi connectivity index (χ0n) is 9.63. The van der Waals surface area contributed by atoms with Crippen LogP contribution in [-0.4, -0.2) is 0 Å². The molecule has 1 aromatic carbocycles. The number of rotatable bonds is 1. The number of benzene rings is 1.